The lowest BCUT2D eigenvalue weighted by Gasteiger charge is -2.06. The summed E-state index contributed by atoms with van der Waals surface area (Å²) in [6.07, 6.45) is 0.231. The zero-order valence-corrected chi connectivity index (χ0v) is 8.68. The van der Waals surface area contributed by atoms with Crippen LogP contribution < -0.4 is 0 Å². The van der Waals surface area contributed by atoms with Gasteiger partial charge in [-0.2, -0.15) is 0 Å². The Labute approximate surface area is 91.2 Å². The molecule has 0 saturated heterocycles. The van der Waals surface area contributed by atoms with Crippen LogP contribution in [0.2, 0.25) is 0 Å². The van der Waals surface area contributed by atoms with E-state index in [1.807, 2.05) is 0 Å². The summed E-state index contributed by atoms with van der Waals surface area (Å²) in [5, 5.41) is 8.73. The minimum absolute atomic E-state index is 0.139. The van der Waals surface area contributed by atoms with Crippen LogP contribution in [0.25, 0.3) is 5.57 Å². The maximum absolute atomic E-state index is 13.6. The summed E-state index contributed by atoms with van der Waals surface area (Å²) in [5.41, 5.74) is 1.99. The highest BCUT2D eigenvalue weighted by molar-refractivity contribution is 5.88. The lowest BCUT2D eigenvalue weighted by Crippen LogP contribution is -2.00. The van der Waals surface area contributed by atoms with Crippen LogP contribution in [-0.4, -0.2) is 11.1 Å². The van der Waals surface area contributed by atoms with E-state index >= 15 is 0 Å². The number of fused-ring (bicyclic) bond motifs is 1. The first-order chi connectivity index (χ1) is 7.50. The molecule has 4 heteroatoms. The summed E-state index contributed by atoms with van der Waals surface area (Å²) in [5.74, 6) is -2.91. The molecule has 0 fully saturated rings. The monoisotopic (exact) mass is 224 g/mol. The minimum Gasteiger partial charge on any atom is -0.481 e. The lowest BCUT2D eigenvalue weighted by molar-refractivity contribution is -0.135. The third-order valence-electron chi connectivity index (χ3n) is 2.78. The van der Waals surface area contributed by atoms with Gasteiger partial charge in [-0.15, -0.1) is 0 Å². The fourth-order valence-electron chi connectivity index (χ4n) is 2.06. The largest absolute Gasteiger partial charge is 0.481 e. The molecule has 0 radical (unpaired) electrons. The van der Waals surface area contributed by atoms with Crippen LogP contribution in [0, 0.1) is 11.6 Å². The molecule has 84 valence electrons. The maximum atomic E-state index is 13.6. The van der Waals surface area contributed by atoms with Crippen LogP contribution in [0.4, 0.5) is 8.78 Å². The van der Waals surface area contributed by atoms with Gasteiger partial charge in [0.25, 0.3) is 0 Å². The van der Waals surface area contributed by atoms with E-state index < -0.39 is 17.6 Å². The molecule has 0 spiro atoms. The van der Waals surface area contributed by atoms with E-state index in [4.69, 9.17) is 5.11 Å². The third kappa shape index (κ3) is 1.60. The normalized spacial score (nSPS) is 14.2. The van der Waals surface area contributed by atoms with Gasteiger partial charge in [0.05, 0.1) is 6.42 Å². The van der Waals surface area contributed by atoms with Crippen LogP contribution in [0.15, 0.2) is 17.7 Å². The van der Waals surface area contributed by atoms with Crippen molar-refractivity contribution >= 4 is 11.5 Å². The summed E-state index contributed by atoms with van der Waals surface area (Å²) in [6.45, 7) is 1.75. The zero-order chi connectivity index (χ0) is 11.9. The van der Waals surface area contributed by atoms with E-state index in [1.54, 1.807) is 6.92 Å². The third-order valence-corrected chi connectivity index (χ3v) is 2.78. The average molecular weight is 224 g/mol. The Kier molecular flexibility index (Phi) is 2.50. The minimum atomic E-state index is -1.04. The predicted molar refractivity (Wildman–Crippen MR) is 54.9 cm³/mol. The number of carbonyl (C=O) groups is 1. The van der Waals surface area contributed by atoms with Gasteiger partial charge in [-0.1, -0.05) is 11.6 Å². The van der Waals surface area contributed by atoms with Gasteiger partial charge in [-0.05, 0) is 30.5 Å². The number of carboxylic acids is 1. The lowest BCUT2D eigenvalue weighted by atomic mass is 10.0. The molecule has 0 bridgehead atoms. The summed E-state index contributed by atoms with van der Waals surface area (Å²) in [4.78, 5) is 10.7. The van der Waals surface area contributed by atoms with Crippen molar-refractivity contribution in [2.45, 2.75) is 19.8 Å². The summed E-state index contributed by atoms with van der Waals surface area (Å²) >= 11 is 0. The van der Waals surface area contributed by atoms with E-state index in [9.17, 15) is 13.6 Å². The van der Waals surface area contributed by atoms with Crippen molar-refractivity contribution in [1.82, 2.24) is 0 Å². The molecular weight excluding hydrogens is 214 g/mol. The number of allylic oxidation sites excluding steroid dienone is 1. The van der Waals surface area contributed by atoms with Gasteiger partial charge in [0.1, 0.15) is 0 Å². The quantitative estimate of drug-likeness (QED) is 0.838. The number of hydrogen-bond donors (Lipinski definition) is 1. The molecule has 16 heavy (non-hydrogen) atoms. The van der Waals surface area contributed by atoms with Crippen LogP contribution in [0.3, 0.4) is 0 Å². The van der Waals surface area contributed by atoms with Crippen molar-refractivity contribution in [3.05, 3.63) is 40.5 Å². The molecule has 0 heterocycles. The van der Waals surface area contributed by atoms with Gasteiger partial charge in [0.15, 0.2) is 11.6 Å². The van der Waals surface area contributed by atoms with E-state index in [2.05, 4.69) is 0 Å². The average Bonchev–Trinajstić information content (AvgIpc) is 2.50. The van der Waals surface area contributed by atoms with E-state index in [0.717, 1.165) is 11.6 Å². The molecule has 0 amide bonds. The Morgan fingerprint density at radius 3 is 2.75 bits per heavy atom. The van der Waals surface area contributed by atoms with E-state index in [-0.39, 0.29) is 12.0 Å². The van der Waals surface area contributed by atoms with Gasteiger partial charge in [0.2, 0.25) is 0 Å². The zero-order valence-electron chi connectivity index (χ0n) is 8.68. The molecule has 2 nitrogen and oxygen atoms in total. The highest BCUT2D eigenvalue weighted by Crippen LogP contribution is 2.37. The van der Waals surface area contributed by atoms with Crippen molar-refractivity contribution in [3.63, 3.8) is 0 Å². The molecule has 1 aromatic carbocycles. The standard InChI is InChI=1S/C12H10F2O2/c1-6-4-7-2-3-9(13)12(14)11(7)8(6)5-10(15)16/h2-3H,4-5H2,1H3,(H,15,16). The summed E-state index contributed by atoms with van der Waals surface area (Å²) < 4.78 is 26.6. The van der Waals surface area contributed by atoms with Gasteiger partial charge in [0, 0.05) is 5.56 Å². The number of halogens is 2. The first-order valence-corrected chi connectivity index (χ1v) is 4.88. The number of hydrogen-bond acceptors (Lipinski definition) is 1. The number of benzene rings is 1. The van der Waals surface area contributed by atoms with E-state index in [0.29, 0.717) is 17.6 Å². The predicted octanol–water partition coefficient (Wildman–Crippen LogP) is 2.77. The maximum Gasteiger partial charge on any atom is 0.307 e. The van der Waals surface area contributed by atoms with Crippen molar-refractivity contribution in [2.75, 3.05) is 0 Å². The smallest absolute Gasteiger partial charge is 0.307 e. The summed E-state index contributed by atoms with van der Waals surface area (Å²) in [7, 11) is 0. The molecule has 1 N–H and O–H groups in total. The van der Waals surface area contributed by atoms with Gasteiger partial charge in [-0.3, -0.25) is 4.79 Å². The van der Waals surface area contributed by atoms with Crippen LogP contribution in [0.5, 0.6) is 0 Å². The molecule has 2 rings (SSSR count). The van der Waals surface area contributed by atoms with Crippen molar-refractivity contribution in [1.29, 1.82) is 0 Å². The highest BCUT2D eigenvalue weighted by atomic mass is 19.2. The number of aliphatic carboxylic acids is 1. The van der Waals surface area contributed by atoms with Crippen molar-refractivity contribution < 1.29 is 18.7 Å². The number of rotatable bonds is 2. The number of carboxylic acid groups (broad SMARTS) is 1. The molecule has 1 aromatic rings. The molecule has 0 aliphatic heterocycles. The highest BCUT2D eigenvalue weighted by Gasteiger charge is 2.25. The Morgan fingerprint density at radius 2 is 2.12 bits per heavy atom. The van der Waals surface area contributed by atoms with Gasteiger partial charge < -0.3 is 5.11 Å². The first-order valence-electron chi connectivity index (χ1n) is 4.88. The van der Waals surface area contributed by atoms with Gasteiger partial charge >= 0.3 is 5.97 Å². The fraction of sp³-hybridized carbons (Fsp3) is 0.250. The first kappa shape index (κ1) is 10.8. The van der Waals surface area contributed by atoms with Crippen molar-refractivity contribution in [3.8, 4) is 0 Å². The summed E-state index contributed by atoms with van der Waals surface area (Å²) in [6, 6.07) is 2.58. The molecule has 0 aromatic heterocycles. The Hall–Kier alpha value is -1.71. The van der Waals surface area contributed by atoms with Crippen LogP contribution in [0.1, 0.15) is 24.5 Å². The van der Waals surface area contributed by atoms with Crippen LogP contribution >= 0.6 is 0 Å². The van der Waals surface area contributed by atoms with Crippen molar-refractivity contribution in [2.24, 2.45) is 0 Å². The Balaban J connectivity index is 2.55. The molecule has 1 aliphatic rings. The SMILES string of the molecule is CC1=C(CC(=O)O)c2c(ccc(F)c2F)C1. The molecule has 0 atom stereocenters. The second-order valence-electron chi connectivity index (χ2n) is 3.90. The molecular formula is C12H10F2O2. The Bertz CT molecular complexity index is 504. The fourth-order valence-corrected chi connectivity index (χ4v) is 2.06. The molecule has 1 aliphatic carbocycles. The molecule has 0 saturated carbocycles. The Morgan fingerprint density at radius 1 is 1.44 bits per heavy atom. The van der Waals surface area contributed by atoms with Gasteiger partial charge in [-0.25, -0.2) is 8.78 Å². The van der Waals surface area contributed by atoms with Crippen LogP contribution in [-0.2, 0) is 11.2 Å². The van der Waals surface area contributed by atoms with E-state index in [1.165, 1.54) is 6.07 Å². The topological polar surface area (TPSA) is 37.3 Å². The molecule has 0 unspecified atom stereocenters. The second kappa shape index (κ2) is 3.70. The second-order valence-corrected chi connectivity index (χ2v) is 3.90.